The number of H-pyrrole nitrogens is 1. The average Bonchev–Trinajstić information content (AvgIpc) is 2.13. The minimum atomic E-state index is -0.136. The summed E-state index contributed by atoms with van der Waals surface area (Å²) in [5.41, 5.74) is -0.136. The van der Waals surface area contributed by atoms with E-state index < -0.39 is 0 Å². The standard InChI is InChI=1S/C7H9IN2O2S/c1-4(2-11)13-7-5(8)6(12)9-3-10-7/h3-4,11H,2H2,1H3,(H,9,10,12). The van der Waals surface area contributed by atoms with Crippen LogP contribution < -0.4 is 5.56 Å². The fourth-order valence-corrected chi connectivity index (χ4v) is 2.12. The molecule has 1 aromatic rings. The number of hydrogen-bond acceptors (Lipinski definition) is 4. The number of nitrogens with one attached hydrogen (secondary N) is 1. The summed E-state index contributed by atoms with van der Waals surface area (Å²) >= 11 is 3.34. The van der Waals surface area contributed by atoms with Crippen LogP contribution in [0.25, 0.3) is 0 Å². The molecule has 13 heavy (non-hydrogen) atoms. The first-order valence-electron chi connectivity index (χ1n) is 3.66. The Hall–Kier alpha value is -0.0800. The van der Waals surface area contributed by atoms with Gasteiger partial charge in [-0.05, 0) is 22.6 Å². The molecule has 1 atom stereocenters. The third-order valence-electron chi connectivity index (χ3n) is 1.33. The smallest absolute Gasteiger partial charge is 0.265 e. The highest BCUT2D eigenvalue weighted by molar-refractivity contribution is 14.1. The molecule has 0 spiro atoms. The summed E-state index contributed by atoms with van der Waals surface area (Å²) in [5.74, 6) is 0. The van der Waals surface area contributed by atoms with Crippen LogP contribution in [0.15, 0.2) is 16.1 Å². The van der Waals surface area contributed by atoms with Crippen LogP contribution in [0.3, 0.4) is 0 Å². The lowest BCUT2D eigenvalue weighted by molar-refractivity contribution is 0.300. The molecule has 0 radical (unpaired) electrons. The minimum absolute atomic E-state index is 0.0582. The molecule has 4 nitrogen and oxygen atoms in total. The van der Waals surface area contributed by atoms with Crippen molar-refractivity contribution in [3.8, 4) is 0 Å². The Morgan fingerprint density at radius 3 is 3.15 bits per heavy atom. The highest BCUT2D eigenvalue weighted by Gasteiger charge is 2.09. The van der Waals surface area contributed by atoms with Gasteiger partial charge in [-0.25, -0.2) is 4.98 Å². The summed E-state index contributed by atoms with van der Waals surface area (Å²) in [6.45, 7) is 1.96. The number of aromatic nitrogens is 2. The lowest BCUT2D eigenvalue weighted by atomic mass is 10.5. The number of hydrogen-bond donors (Lipinski definition) is 2. The van der Waals surface area contributed by atoms with Crippen molar-refractivity contribution >= 4 is 34.4 Å². The lowest BCUT2D eigenvalue weighted by Gasteiger charge is -2.06. The van der Waals surface area contributed by atoms with Crippen molar-refractivity contribution in [2.75, 3.05) is 6.61 Å². The molecule has 0 amide bonds. The second kappa shape index (κ2) is 4.97. The summed E-state index contributed by atoms with van der Waals surface area (Å²) < 4.78 is 0.574. The van der Waals surface area contributed by atoms with Crippen LogP contribution in [0.1, 0.15) is 6.92 Å². The van der Waals surface area contributed by atoms with Gasteiger partial charge in [0.05, 0.1) is 12.9 Å². The summed E-state index contributed by atoms with van der Waals surface area (Å²) in [4.78, 5) is 17.6. The van der Waals surface area contributed by atoms with Gasteiger partial charge in [0, 0.05) is 5.25 Å². The Bertz CT molecular complexity index is 342. The summed E-state index contributed by atoms with van der Waals surface area (Å²) in [6.07, 6.45) is 1.37. The topological polar surface area (TPSA) is 66.0 Å². The van der Waals surface area contributed by atoms with Gasteiger partial charge in [0.15, 0.2) is 0 Å². The number of nitrogens with zero attached hydrogens (tertiary/aromatic N) is 1. The van der Waals surface area contributed by atoms with Crippen molar-refractivity contribution in [3.63, 3.8) is 0 Å². The van der Waals surface area contributed by atoms with Gasteiger partial charge in [-0.3, -0.25) is 4.79 Å². The molecule has 0 saturated carbocycles. The maximum Gasteiger partial charge on any atom is 0.265 e. The maximum atomic E-state index is 11.1. The third kappa shape index (κ3) is 2.96. The van der Waals surface area contributed by atoms with Crippen molar-refractivity contribution in [3.05, 3.63) is 20.3 Å². The number of aliphatic hydroxyl groups is 1. The second-order valence-corrected chi connectivity index (χ2v) is 4.97. The van der Waals surface area contributed by atoms with Gasteiger partial charge in [0.1, 0.15) is 8.60 Å². The zero-order valence-corrected chi connectivity index (χ0v) is 9.92. The van der Waals surface area contributed by atoms with Crippen LogP contribution in [0.2, 0.25) is 0 Å². The minimum Gasteiger partial charge on any atom is -0.395 e. The Kier molecular flexibility index (Phi) is 4.20. The Labute approximate surface area is 93.3 Å². The zero-order valence-electron chi connectivity index (χ0n) is 6.95. The molecule has 1 unspecified atom stereocenters. The molecule has 0 bridgehead atoms. The molecular weight excluding hydrogens is 303 g/mol. The van der Waals surface area contributed by atoms with Crippen LogP contribution in [0.4, 0.5) is 0 Å². The molecule has 72 valence electrons. The summed E-state index contributed by atoms with van der Waals surface area (Å²) in [7, 11) is 0. The Balaban J connectivity index is 2.89. The Morgan fingerprint density at radius 2 is 2.54 bits per heavy atom. The first-order chi connectivity index (χ1) is 6.15. The van der Waals surface area contributed by atoms with Gasteiger partial charge in [0.2, 0.25) is 0 Å². The summed E-state index contributed by atoms with van der Waals surface area (Å²) in [5, 5.41) is 9.55. The van der Waals surface area contributed by atoms with E-state index in [0.29, 0.717) is 8.60 Å². The fourth-order valence-electron chi connectivity index (χ4n) is 0.677. The van der Waals surface area contributed by atoms with Crippen molar-refractivity contribution in [1.29, 1.82) is 0 Å². The molecular formula is C7H9IN2O2S. The molecule has 0 aromatic carbocycles. The van der Waals surface area contributed by atoms with Crippen molar-refractivity contribution in [2.24, 2.45) is 0 Å². The molecule has 0 fully saturated rings. The number of thioether (sulfide) groups is 1. The van der Waals surface area contributed by atoms with Gasteiger partial charge in [-0.1, -0.05) is 18.7 Å². The molecule has 0 aliphatic rings. The van der Waals surface area contributed by atoms with E-state index in [2.05, 4.69) is 9.97 Å². The molecule has 6 heteroatoms. The lowest BCUT2D eigenvalue weighted by Crippen LogP contribution is -2.13. The molecule has 0 aliphatic heterocycles. The van der Waals surface area contributed by atoms with Crippen LogP contribution in [-0.4, -0.2) is 26.9 Å². The highest BCUT2D eigenvalue weighted by Crippen LogP contribution is 2.22. The van der Waals surface area contributed by atoms with E-state index in [1.807, 2.05) is 29.5 Å². The molecule has 0 aliphatic carbocycles. The second-order valence-electron chi connectivity index (χ2n) is 2.46. The van der Waals surface area contributed by atoms with E-state index in [1.165, 1.54) is 18.1 Å². The summed E-state index contributed by atoms with van der Waals surface area (Å²) in [6, 6.07) is 0. The largest absolute Gasteiger partial charge is 0.395 e. The highest BCUT2D eigenvalue weighted by atomic mass is 127. The van der Waals surface area contributed by atoms with Crippen LogP contribution in [-0.2, 0) is 0 Å². The zero-order chi connectivity index (χ0) is 9.84. The molecule has 0 saturated heterocycles. The number of halogens is 1. The fraction of sp³-hybridized carbons (Fsp3) is 0.429. The van der Waals surface area contributed by atoms with Gasteiger partial charge in [-0.15, -0.1) is 0 Å². The van der Waals surface area contributed by atoms with E-state index in [9.17, 15) is 4.79 Å². The molecule has 1 aromatic heterocycles. The molecule has 1 heterocycles. The SMILES string of the molecule is CC(CO)Sc1nc[nH]c(=O)c1I. The van der Waals surface area contributed by atoms with E-state index in [1.54, 1.807) is 0 Å². The number of aromatic amines is 1. The third-order valence-corrected chi connectivity index (χ3v) is 3.79. The van der Waals surface area contributed by atoms with Gasteiger partial charge in [-0.2, -0.15) is 0 Å². The maximum absolute atomic E-state index is 11.1. The Morgan fingerprint density at radius 1 is 1.85 bits per heavy atom. The van der Waals surface area contributed by atoms with Gasteiger partial charge < -0.3 is 10.1 Å². The van der Waals surface area contributed by atoms with E-state index in [-0.39, 0.29) is 17.4 Å². The van der Waals surface area contributed by atoms with Crippen LogP contribution in [0.5, 0.6) is 0 Å². The molecule has 2 N–H and O–H groups in total. The van der Waals surface area contributed by atoms with E-state index in [0.717, 1.165) is 0 Å². The normalized spacial score (nSPS) is 12.8. The first kappa shape index (κ1) is 11.0. The van der Waals surface area contributed by atoms with Crippen LogP contribution in [0, 0.1) is 3.57 Å². The number of rotatable bonds is 3. The number of aliphatic hydroxyl groups excluding tert-OH is 1. The quantitative estimate of drug-likeness (QED) is 0.493. The molecule has 1 rings (SSSR count). The van der Waals surface area contributed by atoms with Gasteiger partial charge >= 0.3 is 0 Å². The van der Waals surface area contributed by atoms with Gasteiger partial charge in [0.25, 0.3) is 5.56 Å². The monoisotopic (exact) mass is 312 g/mol. The van der Waals surface area contributed by atoms with Crippen LogP contribution >= 0.6 is 34.4 Å². The van der Waals surface area contributed by atoms with Crippen molar-refractivity contribution < 1.29 is 5.11 Å². The predicted molar refractivity (Wildman–Crippen MR) is 60.0 cm³/mol. The van der Waals surface area contributed by atoms with Crippen molar-refractivity contribution in [1.82, 2.24) is 9.97 Å². The van der Waals surface area contributed by atoms with E-state index >= 15 is 0 Å². The first-order valence-corrected chi connectivity index (χ1v) is 5.61. The van der Waals surface area contributed by atoms with Crippen molar-refractivity contribution in [2.45, 2.75) is 17.2 Å². The van der Waals surface area contributed by atoms with E-state index in [4.69, 9.17) is 5.11 Å². The average molecular weight is 312 g/mol. The predicted octanol–water partition coefficient (Wildman–Crippen LogP) is 0.847.